The van der Waals surface area contributed by atoms with Gasteiger partial charge in [-0.05, 0) is 62.2 Å². The van der Waals surface area contributed by atoms with E-state index >= 15 is 0 Å². The summed E-state index contributed by atoms with van der Waals surface area (Å²) in [7, 11) is 0. The summed E-state index contributed by atoms with van der Waals surface area (Å²) in [6, 6.07) is 6.92. The van der Waals surface area contributed by atoms with Gasteiger partial charge in [-0.15, -0.1) is 11.3 Å². The molecule has 2 amide bonds. The molecule has 2 rings (SSSR count). The van der Waals surface area contributed by atoms with Gasteiger partial charge in [0, 0.05) is 10.4 Å². The Kier molecular flexibility index (Phi) is 7.53. The highest BCUT2D eigenvalue weighted by atomic mass is 32.1. The van der Waals surface area contributed by atoms with Crippen molar-refractivity contribution in [3.05, 3.63) is 45.8 Å². The van der Waals surface area contributed by atoms with Crippen molar-refractivity contribution in [2.45, 2.75) is 34.1 Å². The number of rotatable bonds is 7. The van der Waals surface area contributed by atoms with Crippen molar-refractivity contribution < 1.29 is 14.3 Å². The van der Waals surface area contributed by atoms with E-state index in [1.807, 2.05) is 19.9 Å². The number of primary amides is 1. The Morgan fingerprint density at radius 3 is 2.64 bits per heavy atom. The van der Waals surface area contributed by atoms with Crippen molar-refractivity contribution in [1.82, 2.24) is 5.32 Å². The maximum absolute atomic E-state index is 12.5. The van der Waals surface area contributed by atoms with Crippen LogP contribution < -0.4 is 21.1 Å². The van der Waals surface area contributed by atoms with Crippen LogP contribution in [-0.4, -0.2) is 23.5 Å². The summed E-state index contributed by atoms with van der Waals surface area (Å²) in [4.78, 5) is 25.1. The Balaban J connectivity index is 2.02. The number of carbonyl (C=O) groups excluding carboxylic acids is 2. The van der Waals surface area contributed by atoms with E-state index in [0.29, 0.717) is 34.4 Å². The number of nitrogens with one attached hydrogen (secondary N) is 2. The lowest BCUT2D eigenvalue weighted by molar-refractivity contribution is 0.0975. The fraction of sp³-hybridized carbons (Fsp3) is 0.350. The van der Waals surface area contributed by atoms with Gasteiger partial charge in [-0.25, -0.2) is 0 Å². The molecule has 4 N–H and O–H groups in total. The Morgan fingerprint density at radius 2 is 2.00 bits per heavy atom. The van der Waals surface area contributed by atoms with Crippen molar-refractivity contribution in [3.63, 3.8) is 0 Å². The van der Waals surface area contributed by atoms with E-state index in [2.05, 4.69) is 24.5 Å². The molecule has 150 valence electrons. The average Bonchev–Trinajstić information content (AvgIpc) is 2.88. The zero-order chi connectivity index (χ0) is 20.8. The van der Waals surface area contributed by atoms with Crippen LogP contribution in [0.25, 0.3) is 0 Å². The van der Waals surface area contributed by atoms with Crippen molar-refractivity contribution >= 4 is 45.5 Å². The molecule has 0 atom stereocenters. The van der Waals surface area contributed by atoms with Crippen LogP contribution in [0.1, 0.15) is 51.4 Å². The molecule has 0 radical (unpaired) electrons. The highest BCUT2D eigenvalue weighted by Gasteiger charge is 2.19. The van der Waals surface area contributed by atoms with Crippen LogP contribution in [0.15, 0.2) is 24.3 Å². The van der Waals surface area contributed by atoms with Gasteiger partial charge in [0.15, 0.2) is 5.11 Å². The van der Waals surface area contributed by atoms with Crippen LogP contribution in [0.4, 0.5) is 5.00 Å². The van der Waals surface area contributed by atoms with Crippen LogP contribution in [-0.2, 0) is 0 Å². The predicted octanol–water partition coefficient (Wildman–Crippen LogP) is 4.02. The van der Waals surface area contributed by atoms with Gasteiger partial charge in [-0.1, -0.05) is 19.9 Å². The van der Waals surface area contributed by atoms with E-state index in [9.17, 15) is 9.59 Å². The number of ether oxygens (including phenoxy) is 1. The molecule has 8 heteroatoms. The van der Waals surface area contributed by atoms with Gasteiger partial charge in [0.05, 0.1) is 12.2 Å². The summed E-state index contributed by atoms with van der Waals surface area (Å²) >= 11 is 6.59. The van der Waals surface area contributed by atoms with Gasteiger partial charge in [-0.2, -0.15) is 0 Å². The van der Waals surface area contributed by atoms with Crippen molar-refractivity contribution in [3.8, 4) is 5.75 Å². The first-order valence-electron chi connectivity index (χ1n) is 8.94. The van der Waals surface area contributed by atoms with E-state index in [-0.39, 0.29) is 11.0 Å². The number of thiophene rings is 1. The van der Waals surface area contributed by atoms with Crippen LogP contribution >= 0.6 is 23.6 Å². The summed E-state index contributed by atoms with van der Waals surface area (Å²) < 4.78 is 5.69. The third kappa shape index (κ3) is 5.77. The van der Waals surface area contributed by atoms with E-state index < -0.39 is 5.91 Å². The lowest BCUT2D eigenvalue weighted by atomic mass is 10.1. The predicted molar refractivity (Wildman–Crippen MR) is 117 cm³/mol. The van der Waals surface area contributed by atoms with E-state index in [0.717, 1.165) is 16.9 Å². The summed E-state index contributed by atoms with van der Waals surface area (Å²) in [5, 5.41) is 6.15. The van der Waals surface area contributed by atoms with Gasteiger partial charge in [-0.3, -0.25) is 14.9 Å². The van der Waals surface area contributed by atoms with Gasteiger partial charge in [0.2, 0.25) is 0 Å². The second kappa shape index (κ2) is 9.66. The lowest BCUT2D eigenvalue weighted by Gasteiger charge is -2.11. The standard InChI is InChI=1S/C20H25N3O3S2/c1-11(2)8-9-26-15-7-5-6-14(10-15)18(25)22-20(27)23-19-16(17(21)24)12(3)13(4)28-19/h5-7,10-11H,8-9H2,1-4H3,(H2,21,24)(H2,22,23,25,27). The third-order valence-corrected chi connectivity index (χ3v) is 5.47. The maximum Gasteiger partial charge on any atom is 0.257 e. The smallest absolute Gasteiger partial charge is 0.257 e. The third-order valence-electron chi connectivity index (χ3n) is 4.15. The molecule has 0 aliphatic heterocycles. The lowest BCUT2D eigenvalue weighted by Crippen LogP contribution is -2.34. The van der Waals surface area contributed by atoms with Gasteiger partial charge < -0.3 is 15.8 Å². The molecule has 0 fully saturated rings. The van der Waals surface area contributed by atoms with Crippen molar-refractivity contribution in [1.29, 1.82) is 0 Å². The molecule has 0 saturated carbocycles. The number of hydrogen-bond donors (Lipinski definition) is 3. The van der Waals surface area contributed by atoms with Gasteiger partial charge >= 0.3 is 0 Å². The maximum atomic E-state index is 12.5. The Hall–Kier alpha value is -2.45. The largest absolute Gasteiger partial charge is 0.494 e. The highest BCUT2D eigenvalue weighted by Crippen LogP contribution is 2.31. The first-order chi connectivity index (χ1) is 13.2. The average molecular weight is 420 g/mol. The van der Waals surface area contributed by atoms with Crippen LogP contribution in [0.5, 0.6) is 5.75 Å². The SMILES string of the molecule is Cc1sc(NC(=S)NC(=O)c2cccc(OCCC(C)C)c2)c(C(N)=O)c1C. The number of carbonyl (C=O) groups is 2. The second-order valence-electron chi connectivity index (χ2n) is 6.82. The molecule has 2 aromatic rings. The molecule has 0 unspecified atom stereocenters. The van der Waals surface area contributed by atoms with Gasteiger partial charge in [0.25, 0.3) is 11.8 Å². The molecule has 1 heterocycles. The Morgan fingerprint density at radius 1 is 1.29 bits per heavy atom. The molecule has 0 aliphatic carbocycles. The summed E-state index contributed by atoms with van der Waals surface area (Å²) in [5.74, 6) is 0.277. The molecule has 0 bridgehead atoms. The number of nitrogens with two attached hydrogens (primary N) is 1. The monoisotopic (exact) mass is 419 g/mol. The fourth-order valence-electron chi connectivity index (χ4n) is 2.46. The van der Waals surface area contributed by atoms with E-state index in [1.165, 1.54) is 11.3 Å². The molecular formula is C20H25N3O3S2. The van der Waals surface area contributed by atoms with E-state index in [4.69, 9.17) is 22.7 Å². The molecule has 28 heavy (non-hydrogen) atoms. The zero-order valence-electron chi connectivity index (χ0n) is 16.4. The Bertz CT molecular complexity index is 891. The molecule has 0 aliphatic rings. The first kappa shape index (κ1) is 21.8. The topological polar surface area (TPSA) is 93.4 Å². The number of hydrogen-bond acceptors (Lipinski definition) is 5. The van der Waals surface area contributed by atoms with Crippen LogP contribution in [0.2, 0.25) is 0 Å². The molecule has 1 aromatic heterocycles. The Labute approximate surface area is 174 Å². The molecule has 0 saturated heterocycles. The normalized spacial score (nSPS) is 10.6. The second-order valence-corrected chi connectivity index (χ2v) is 8.45. The number of thiocarbonyl (C=S) groups is 1. The van der Waals surface area contributed by atoms with Crippen LogP contribution in [0, 0.1) is 19.8 Å². The minimum atomic E-state index is -0.537. The quantitative estimate of drug-likeness (QED) is 0.590. The van der Waals surface area contributed by atoms with Crippen LogP contribution in [0.3, 0.4) is 0 Å². The van der Waals surface area contributed by atoms with Crippen molar-refractivity contribution in [2.24, 2.45) is 11.7 Å². The van der Waals surface area contributed by atoms with E-state index in [1.54, 1.807) is 18.2 Å². The summed E-state index contributed by atoms with van der Waals surface area (Å²) in [6.07, 6.45) is 0.937. The summed E-state index contributed by atoms with van der Waals surface area (Å²) in [6.45, 7) is 8.56. The minimum Gasteiger partial charge on any atom is -0.494 e. The number of amides is 2. The summed E-state index contributed by atoms with van der Waals surface area (Å²) in [5.41, 5.74) is 7.08. The zero-order valence-corrected chi connectivity index (χ0v) is 18.1. The molecule has 6 nitrogen and oxygen atoms in total. The number of aryl methyl sites for hydroxylation is 1. The first-order valence-corrected chi connectivity index (χ1v) is 10.2. The minimum absolute atomic E-state index is 0.0971. The van der Waals surface area contributed by atoms with Crippen molar-refractivity contribution in [2.75, 3.05) is 11.9 Å². The van der Waals surface area contributed by atoms with Gasteiger partial charge in [0.1, 0.15) is 10.8 Å². The molecule has 1 aromatic carbocycles. The number of benzene rings is 1. The fourth-order valence-corrected chi connectivity index (χ4v) is 3.79. The molecular weight excluding hydrogens is 394 g/mol. The molecule has 0 spiro atoms. The number of anilines is 1. The highest BCUT2D eigenvalue weighted by molar-refractivity contribution is 7.80.